The monoisotopic (exact) mass is 299 g/mol. The lowest BCUT2D eigenvalue weighted by atomic mass is 10.2. The Labute approximate surface area is 122 Å². The zero-order valence-electron chi connectivity index (χ0n) is 12.2. The number of halogens is 1. The second kappa shape index (κ2) is 8.15. The van der Waals surface area contributed by atoms with E-state index >= 15 is 0 Å². The average Bonchev–Trinajstić information content (AvgIpc) is 2.40. The largest absolute Gasteiger partial charge is 0.353 e. The first-order chi connectivity index (χ1) is 9.43. The van der Waals surface area contributed by atoms with E-state index in [-0.39, 0.29) is 23.5 Å². The van der Waals surface area contributed by atoms with Gasteiger partial charge in [-0.3, -0.25) is 9.00 Å². The quantitative estimate of drug-likeness (QED) is 0.841. The van der Waals surface area contributed by atoms with Crippen LogP contribution in [0.3, 0.4) is 0 Å². The van der Waals surface area contributed by atoms with Gasteiger partial charge in [0.2, 0.25) is 5.91 Å². The van der Waals surface area contributed by atoms with Crippen molar-refractivity contribution < 1.29 is 13.4 Å². The standard InChI is InChI=1S/C15H22FNO2S/c1-4-5-11(2)17-15(18)12(3)20(19)10-13-6-8-14(16)9-7-13/h6-9,11-12H,4-5,10H2,1-3H3,(H,17,18). The molecule has 3 unspecified atom stereocenters. The van der Waals surface area contributed by atoms with Gasteiger partial charge in [0.1, 0.15) is 11.1 Å². The normalized spacial score (nSPS) is 15.4. The summed E-state index contributed by atoms with van der Waals surface area (Å²) in [7, 11) is -1.31. The first-order valence-corrected chi connectivity index (χ1v) is 8.24. The molecular formula is C15H22FNO2S. The van der Waals surface area contributed by atoms with Crippen molar-refractivity contribution in [3.63, 3.8) is 0 Å². The van der Waals surface area contributed by atoms with Gasteiger partial charge in [-0.1, -0.05) is 25.5 Å². The van der Waals surface area contributed by atoms with E-state index in [1.54, 1.807) is 19.1 Å². The highest BCUT2D eigenvalue weighted by atomic mass is 32.2. The molecule has 0 spiro atoms. The number of benzene rings is 1. The van der Waals surface area contributed by atoms with Crippen LogP contribution in [0.5, 0.6) is 0 Å². The number of carbonyl (C=O) groups is 1. The molecule has 1 amide bonds. The van der Waals surface area contributed by atoms with Crippen LogP contribution in [0.1, 0.15) is 39.2 Å². The summed E-state index contributed by atoms with van der Waals surface area (Å²) in [6.07, 6.45) is 1.90. The van der Waals surface area contributed by atoms with Gasteiger partial charge in [0.25, 0.3) is 0 Å². The number of amides is 1. The molecule has 112 valence electrons. The van der Waals surface area contributed by atoms with Gasteiger partial charge in [-0.2, -0.15) is 0 Å². The minimum Gasteiger partial charge on any atom is -0.353 e. The van der Waals surface area contributed by atoms with Crippen molar-refractivity contribution in [1.29, 1.82) is 0 Å². The Hall–Kier alpha value is -1.23. The third-order valence-corrected chi connectivity index (χ3v) is 4.72. The van der Waals surface area contributed by atoms with Gasteiger partial charge in [-0.15, -0.1) is 0 Å². The van der Waals surface area contributed by atoms with E-state index < -0.39 is 16.0 Å². The lowest BCUT2D eigenvalue weighted by molar-refractivity contribution is -0.121. The molecule has 5 heteroatoms. The third-order valence-electron chi connectivity index (χ3n) is 3.10. The Morgan fingerprint density at radius 1 is 1.30 bits per heavy atom. The smallest absolute Gasteiger partial charge is 0.235 e. The van der Waals surface area contributed by atoms with E-state index in [0.29, 0.717) is 0 Å². The molecule has 1 aromatic carbocycles. The number of rotatable bonds is 7. The Balaban J connectivity index is 2.53. The maximum atomic E-state index is 12.8. The van der Waals surface area contributed by atoms with Crippen LogP contribution in [0.15, 0.2) is 24.3 Å². The lowest BCUT2D eigenvalue weighted by Gasteiger charge is -2.16. The molecule has 0 aliphatic rings. The predicted octanol–water partition coefficient (Wildman–Crippen LogP) is 2.77. The fourth-order valence-corrected chi connectivity index (χ4v) is 2.93. The summed E-state index contributed by atoms with van der Waals surface area (Å²) < 4.78 is 24.9. The summed E-state index contributed by atoms with van der Waals surface area (Å²) in [6, 6.07) is 5.95. The summed E-state index contributed by atoms with van der Waals surface area (Å²) in [5.74, 6) is -0.248. The third kappa shape index (κ3) is 5.41. The molecule has 0 radical (unpaired) electrons. The van der Waals surface area contributed by atoms with Crippen LogP contribution in [0.25, 0.3) is 0 Å². The van der Waals surface area contributed by atoms with E-state index in [0.717, 1.165) is 18.4 Å². The van der Waals surface area contributed by atoms with Gasteiger partial charge >= 0.3 is 0 Å². The van der Waals surface area contributed by atoms with Gasteiger partial charge in [-0.25, -0.2) is 4.39 Å². The fourth-order valence-electron chi connectivity index (χ4n) is 1.85. The van der Waals surface area contributed by atoms with Crippen molar-refractivity contribution in [2.24, 2.45) is 0 Å². The van der Waals surface area contributed by atoms with E-state index in [1.165, 1.54) is 12.1 Å². The first kappa shape index (κ1) is 16.8. The molecule has 0 fully saturated rings. The van der Waals surface area contributed by atoms with Crippen LogP contribution in [-0.2, 0) is 21.3 Å². The Bertz CT molecular complexity index is 461. The summed E-state index contributed by atoms with van der Waals surface area (Å²) in [6.45, 7) is 5.66. The van der Waals surface area contributed by atoms with Gasteiger partial charge in [0.15, 0.2) is 0 Å². The molecule has 0 aromatic heterocycles. The van der Waals surface area contributed by atoms with Gasteiger partial charge in [0.05, 0.1) is 0 Å². The maximum Gasteiger partial charge on any atom is 0.235 e. The second-order valence-corrected chi connectivity index (χ2v) is 6.75. The zero-order chi connectivity index (χ0) is 15.1. The van der Waals surface area contributed by atoms with Gasteiger partial charge in [-0.05, 0) is 38.0 Å². The molecule has 1 N–H and O–H groups in total. The molecule has 0 aliphatic heterocycles. The van der Waals surface area contributed by atoms with Crippen molar-refractivity contribution in [1.82, 2.24) is 5.32 Å². The van der Waals surface area contributed by atoms with Gasteiger partial charge in [0, 0.05) is 22.6 Å². The molecular weight excluding hydrogens is 277 g/mol. The molecule has 3 nitrogen and oxygen atoms in total. The fraction of sp³-hybridized carbons (Fsp3) is 0.533. The summed E-state index contributed by atoms with van der Waals surface area (Å²) in [5, 5.41) is 2.29. The van der Waals surface area contributed by atoms with E-state index in [4.69, 9.17) is 0 Å². The van der Waals surface area contributed by atoms with E-state index in [9.17, 15) is 13.4 Å². The molecule has 1 aromatic rings. The molecule has 1 rings (SSSR count). The highest BCUT2D eigenvalue weighted by molar-refractivity contribution is 7.85. The van der Waals surface area contributed by atoms with Crippen LogP contribution < -0.4 is 5.32 Å². The summed E-state index contributed by atoms with van der Waals surface area (Å²) in [5.41, 5.74) is 0.769. The molecule has 0 bridgehead atoms. The number of nitrogens with one attached hydrogen (secondary N) is 1. The summed E-state index contributed by atoms with van der Waals surface area (Å²) in [4.78, 5) is 11.9. The highest BCUT2D eigenvalue weighted by Crippen LogP contribution is 2.09. The molecule has 0 heterocycles. The molecule has 0 saturated heterocycles. The Morgan fingerprint density at radius 3 is 2.45 bits per heavy atom. The number of hydrogen-bond acceptors (Lipinski definition) is 2. The van der Waals surface area contributed by atoms with Gasteiger partial charge < -0.3 is 5.32 Å². The van der Waals surface area contributed by atoms with Crippen molar-refractivity contribution in [2.45, 2.75) is 50.7 Å². The second-order valence-electron chi connectivity index (χ2n) is 4.99. The maximum absolute atomic E-state index is 12.8. The van der Waals surface area contributed by atoms with Crippen molar-refractivity contribution in [3.8, 4) is 0 Å². The lowest BCUT2D eigenvalue weighted by Crippen LogP contribution is -2.40. The highest BCUT2D eigenvalue weighted by Gasteiger charge is 2.21. The average molecular weight is 299 g/mol. The molecule has 0 aliphatic carbocycles. The topological polar surface area (TPSA) is 46.2 Å². The summed E-state index contributed by atoms with van der Waals surface area (Å²) >= 11 is 0. The van der Waals surface area contributed by atoms with Crippen LogP contribution in [0, 0.1) is 5.82 Å². The molecule has 20 heavy (non-hydrogen) atoms. The van der Waals surface area contributed by atoms with Crippen LogP contribution in [-0.4, -0.2) is 21.4 Å². The van der Waals surface area contributed by atoms with Crippen molar-refractivity contribution in [3.05, 3.63) is 35.6 Å². The van der Waals surface area contributed by atoms with Crippen LogP contribution >= 0.6 is 0 Å². The predicted molar refractivity (Wildman–Crippen MR) is 80.2 cm³/mol. The van der Waals surface area contributed by atoms with Crippen molar-refractivity contribution >= 4 is 16.7 Å². The van der Waals surface area contributed by atoms with Crippen molar-refractivity contribution in [2.75, 3.05) is 0 Å². The Kier molecular flexibility index (Phi) is 6.85. The molecule has 0 saturated carbocycles. The van der Waals surface area contributed by atoms with Crippen LogP contribution in [0.2, 0.25) is 0 Å². The van der Waals surface area contributed by atoms with E-state index in [1.807, 2.05) is 6.92 Å². The zero-order valence-corrected chi connectivity index (χ0v) is 13.0. The number of hydrogen-bond donors (Lipinski definition) is 1. The Morgan fingerprint density at radius 2 is 1.90 bits per heavy atom. The SMILES string of the molecule is CCCC(C)NC(=O)C(C)S(=O)Cc1ccc(F)cc1. The molecule has 3 atom stereocenters. The van der Waals surface area contributed by atoms with Crippen LogP contribution in [0.4, 0.5) is 4.39 Å². The number of carbonyl (C=O) groups excluding carboxylic acids is 1. The first-order valence-electron chi connectivity index (χ1n) is 6.86. The van der Waals surface area contributed by atoms with E-state index in [2.05, 4.69) is 12.2 Å². The minimum absolute atomic E-state index is 0.0952. The minimum atomic E-state index is -1.31.